The summed E-state index contributed by atoms with van der Waals surface area (Å²) < 4.78 is 0. The Balaban J connectivity index is 2.16. The summed E-state index contributed by atoms with van der Waals surface area (Å²) in [6, 6.07) is 18.3. The molecule has 1 heteroatoms. The smallest absolute Gasteiger partial charge is 0.0360 e. The predicted octanol–water partition coefficient (Wildman–Crippen LogP) is 5.01. The Kier molecular flexibility index (Phi) is 5.58. The fraction of sp³-hybridized carbons (Fsp3) is 0.400. The molecule has 0 radical (unpaired) electrons. The maximum absolute atomic E-state index is 3.61. The quantitative estimate of drug-likeness (QED) is 0.784. The van der Waals surface area contributed by atoms with Crippen molar-refractivity contribution >= 4 is 0 Å². The summed E-state index contributed by atoms with van der Waals surface area (Å²) >= 11 is 0. The lowest BCUT2D eigenvalue weighted by Crippen LogP contribution is -2.23. The Hall–Kier alpha value is -1.60. The van der Waals surface area contributed by atoms with Crippen molar-refractivity contribution in [3.8, 4) is 0 Å². The number of hydrogen-bond donors (Lipinski definition) is 1. The van der Waals surface area contributed by atoms with Crippen LogP contribution in [0.2, 0.25) is 0 Å². The number of rotatable bonds is 6. The van der Waals surface area contributed by atoms with Crippen LogP contribution in [-0.2, 0) is 6.42 Å². The van der Waals surface area contributed by atoms with Gasteiger partial charge in [-0.3, -0.25) is 0 Å². The van der Waals surface area contributed by atoms with E-state index < -0.39 is 0 Å². The van der Waals surface area contributed by atoms with Gasteiger partial charge in [-0.15, -0.1) is 0 Å². The molecule has 112 valence electrons. The summed E-state index contributed by atoms with van der Waals surface area (Å²) in [7, 11) is 0. The molecule has 0 heterocycles. The summed E-state index contributed by atoms with van der Waals surface area (Å²) in [6.45, 7) is 9.80. The molecule has 1 unspecified atom stereocenters. The first-order valence-corrected chi connectivity index (χ1v) is 7.99. The van der Waals surface area contributed by atoms with Crippen molar-refractivity contribution in [3.05, 3.63) is 70.8 Å². The van der Waals surface area contributed by atoms with Gasteiger partial charge in [-0.1, -0.05) is 74.9 Å². The summed E-state index contributed by atoms with van der Waals surface area (Å²) in [6.07, 6.45) is 1.04. The van der Waals surface area contributed by atoms with E-state index in [0.717, 1.165) is 13.0 Å². The van der Waals surface area contributed by atoms with Crippen LogP contribution in [0.25, 0.3) is 0 Å². The lowest BCUT2D eigenvalue weighted by molar-refractivity contribution is 0.549. The molecule has 0 aromatic heterocycles. The molecular weight excluding hydrogens is 254 g/mol. The molecule has 0 aliphatic heterocycles. The van der Waals surface area contributed by atoms with Crippen LogP contribution in [0.4, 0.5) is 0 Å². The standard InChI is InChI=1S/C20H27N/c1-5-21-20(19-8-6-7-16(4)13-19)14-17-9-11-18(12-10-17)15(2)3/h6-13,15,20-21H,5,14H2,1-4H3. The van der Waals surface area contributed by atoms with Gasteiger partial charge in [-0.05, 0) is 42.5 Å². The summed E-state index contributed by atoms with van der Waals surface area (Å²) in [4.78, 5) is 0. The minimum atomic E-state index is 0.389. The first kappa shape index (κ1) is 15.8. The third-order valence-corrected chi connectivity index (χ3v) is 3.98. The van der Waals surface area contributed by atoms with E-state index in [2.05, 4.69) is 81.5 Å². The Morgan fingerprint density at radius 2 is 1.67 bits per heavy atom. The number of likely N-dealkylation sites (N-methyl/N-ethyl adjacent to an activating group) is 1. The number of aryl methyl sites for hydroxylation is 1. The molecule has 2 rings (SSSR count). The highest BCUT2D eigenvalue weighted by Gasteiger charge is 2.11. The second-order valence-corrected chi connectivity index (χ2v) is 6.12. The molecule has 2 aromatic rings. The molecule has 1 atom stereocenters. The lowest BCUT2D eigenvalue weighted by Gasteiger charge is -2.19. The van der Waals surface area contributed by atoms with Crippen molar-refractivity contribution in [2.45, 2.75) is 46.1 Å². The number of hydrogen-bond acceptors (Lipinski definition) is 1. The van der Waals surface area contributed by atoms with Crippen molar-refractivity contribution in [2.75, 3.05) is 6.54 Å². The van der Waals surface area contributed by atoms with E-state index in [1.165, 1.54) is 22.3 Å². The minimum absolute atomic E-state index is 0.389. The predicted molar refractivity (Wildman–Crippen MR) is 91.8 cm³/mol. The topological polar surface area (TPSA) is 12.0 Å². The molecule has 0 amide bonds. The number of benzene rings is 2. The fourth-order valence-electron chi connectivity index (χ4n) is 2.72. The third kappa shape index (κ3) is 4.44. The molecular formula is C20H27N. The van der Waals surface area contributed by atoms with Crippen molar-refractivity contribution in [3.63, 3.8) is 0 Å². The van der Waals surface area contributed by atoms with E-state index in [1.807, 2.05) is 0 Å². The van der Waals surface area contributed by atoms with Gasteiger partial charge in [0.1, 0.15) is 0 Å². The van der Waals surface area contributed by atoms with Gasteiger partial charge >= 0.3 is 0 Å². The SMILES string of the molecule is CCNC(Cc1ccc(C(C)C)cc1)c1cccc(C)c1. The van der Waals surface area contributed by atoms with Crippen LogP contribution in [0.15, 0.2) is 48.5 Å². The van der Waals surface area contributed by atoms with E-state index in [4.69, 9.17) is 0 Å². The minimum Gasteiger partial charge on any atom is -0.310 e. The van der Waals surface area contributed by atoms with Gasteiger partial charge in [-0.25, -0.2) is 0 Å². The van der Waals surface area contributed by atoms with Gasteiger partial charge in [0.05, 0.1) is 0 Å². The maximum atomic E-state index is 3.61. The van der Waals surface area contributed by atoms with Gasteiger partial charge < -0.3 is 5.32 Å². The second-order valence-electron chi connectivity index (χ2n) is 6.12. The third-order valence-electron chi connectivity index (χ3n) is 3.98. The average Bonchev–Trinajstić information content (AvgIpc) is 2.47. The zero-order valence-corrected chi connectivity index (χ0v) is 13.7. The Labute approximate surface area is 129 Å². The molecule has 0 fully saturated rings. The van der Waals surface area contributed by atoms with E-state index in [9.17, 15) is 0 Å². The first-order chi connectivity index (χ1) is 10.1. The summed E-state index contributed by atoms with van der Waals surface area (Å²) in [5.74, 6) is 0.598. The molecule has 0 saturated heterocycles. The van der Waals surface area contributed by atoms with E-state index >= 15 is 0 Å². The molecule has 0 aliphatic rings. The van der Waals surface area contributed by atoms with Crippen LogP contribution in [0, 0.1) is 6.92 Å². The highest BCUT2D eigenvalue weighted by atomic mass is 14.9. The normalized spacial score (nSPS) is 12.6. The molecule has 0 aliphatic carbocycles. The fourth-order valence-corrected chi connectivity index (χ4v) is 2.72. The van der Waals surface area contributed by atoms with Crippen molar-refractivity contribution in [1.29, 1.82) is 0 Å². The van der Waals surface area contributed by atoms with Crippen LogP contribution >= 0.6 is 0 Å². The van der Waals surface area contributed by atoms with Gasteiger partial charge in [0.15, 0.2) is 0 Å². The molecule has 1 nitrogen and oxygen atoms in total. The Bertz CT molecular complexity index is 554. The molecule has 1 N–H and O–H groups in total. The maximum Gasteiger partial charge on any atom is 0.0360 e. The molecule has 21 heavy (non-hydrogen) atoms. The molecule has 0 bridgehead atoms. The van der Waals surface area contributed by atoms with Gasteiger partial charge in [0.2, 0.25) is 0 Å². The zero-order chi connectivity index (χ0) is 15.2. The van der Waals surface area contributed by atoms with Crippen LogP contribution in [0.3, 0.4) is 0 Å². The lowest BCUT2D eigenvalue weighted by atomic mass is 9.95. The average molecular weight is 281 g/mol. The van der Waals surface area contributed by atoms with Gasteiger partial charge in [0, 0.05) is 6.04 Å². The molecule has 0 spiro atoms. The summed E-state index contributed by atoms with van der Waals surface area (Å²) in [5, 5.41) is 3.61. The first-order valence-electron chi connectivity index (χ1n) is 7.99. The summed E-state index contributed by atoms with van der Waals surface area (Å²) in [5.41, 5.74) is 5.51. The molecule has 0 saturated carbocycles. The van der Waals surface area contributed by atoms with E-state index in [0.29, 0.717) is 12.0 Å². The second kappa shape index (κ2) is 7.42. The van der Waals surface area contributed by atoms with E-state index in [1.54, 1.807) is 0 Å². The van der Waals surface area contributed by atoms with Crippen LogP contribution in [-0.4, -0.2) is 6.54 Å². The largest absolute Gasteiger partial charge is 0.310 e. The van der Waals surface area contributed by atoms with Crippen LogP contribution in [0.5, 0.6) is 0 Å². The van der Waals surface area contributed by atoms with Crippen molar-refractivity contribution in [2.24, 2.45) is 0 Å². The highest BCUT2D eigenvalue weighted by Crippen LogP contribution is 2.21. The van der Waals surface area contributed by atoms with Crippen molar-refractivity contribution < 1.29 is 0 Å². The van der Waals surface area contributed by atoms with E-state index in [-0.39, 0.29) is 0 Å². The zero-order valence-electron chi connectivity index (χ0n) is 13.7. The molecule has 2 aromatic carbocycles. The van der Waals surface area contributed by atoms with Crippen LogP contribution < -0.4 is 5.32 Å². The number of nitrogens with one attached hydrogen (secondary N) is 1. The van der Waals surface area contributed by atoms with Crippen LogP contribution in [0.1, 0.15) is 55.0 Å². The van der Waals surface area contributed by atoms with Gasteiger partial charge in [-0.2, -0.15) is 0 Å². The van der Waals surface area contributed by atoms with Crippen molar-refractivity contribution in [1.82, 2.24) is 5.32 Å². The van der Waals surface area contributed by atoms with Gasteiger partial charge in [0.25, 0.3) is 0 Å². The Morgan fingerprint density at radius 3 is 2.24 bits per heavy atom. The highest BCUT2D eigenvalue weighted by molar-refractivity contribution is 5.29. The monoisotopic (exact) mass is 281 g/mol. The Morgan fingerprint density at radius 1 is 0.952 bits per heavy atom.